The van der Waals surface area contributed by atoms with Gasteiger partial charge in [0.25, 0.3) is 0 Å². The van der Waals surface area contributed by atoms with E-state index in [9.17, 15) is 0 Å². The zero-order chi connectivity index (χ0) is 13.4. The average Bonchev–Trinajstić information content (AvgIpc) is 2.42. The van der Waals surface area contributed by atoms with Crippen molar-refractivity contribution in [2.45, 2.75) is 26.7 Å². The van der Waals surface area contributed by atoms with Crippen molar-refractivity contribution >= 4 is 22.8 Å². The van der Waals surface area contributed by atoms with Crippen molar-refractivity contribution in [1.29, 1.82) is 5.41 Å². The Morgan fingerprint density at radius 3 is 2.33 bits per heavy atom. The largest absolute Gasteiger partial charge is 0.399 e. The van der Waals surface area contributed by atoms with Crippen LogP contribution in [0, 0.1) is 5.41 Å². The number of nitrogens with zero attached hydrogens (tertiary/aromatic N) is 1. The molecule has 0 spiro atoms. The molecule has 4 N–H and O–H groups in total. The highest BCUT2D eigenvalue weighted by Crippen LogP contribution is 2.11. The van der Waals surface area contributed by atoms with Crippen molar-refractivity contribution in [2.75, 3.05) is 11.2 Å². The van der Waals surface area contributed by atoms with Gasteiger partial charge in [0.2, 0.25) is 0 Å². The number of hydrogen-bond acceptors (Lipinski definition) is 4. The Hall–Kier alpha value is -2.10. The molecular weight excluding hydrogens is 224 g/mol. The van der Waals surface area contributed by atoms with Crippen molar-refractivity contribution in [3.63, 3.8) is 0 Å². The van der Waals surface area contributed by atoms with Crippen LogP contribution in [-0.4, -0.2) is 11.4 Å². The topological polar surface area (TPSA) is 74.3 Å². The van der Waals surface area contributed by atoms with Gasteiger partial charge in [-0.05, 0) is 49.3 Å². The molecule has 1 aromatic rings. The van der Waals surface area contributed by atoms with Gasteiger partial charge in [-0.2, -0.15) is 5.10 Å². The Morgan fingerprint density at radius 1 is 1.11 bits per heavy atom. The van der Waals surface area contributed by atoms with Gasteiger partial charge in [-0.15, -0.1) is 0 Å². The molecule has 0 amide bonds. The number of nitrogens with two attached hydrogens (primary N) is 1. The van der Waals surface area contributed by atoms with Gasteiger partial charge in [0.15, 0.2) is 0 Å². The molecule has 1 aliphatic rings. The lowest BCUT2D eigenvalue weighted by Crippen LogP contribution is -2.08. The summed E-state index contributed by atoms with van der Waals surface area (Å²) in [5.74, 6) is 0. The molecule has 0 aromatic heterocycles. The van der Waals surface area contributed by atoms with Gasteiger partial charge in [-0.1, -0.05) is 13.8 Å². The first-order chi connectivity index (χ1) is 8.74. The number of allylic oxidation sites excluding steroid dienone is 2. The molecule has 0 bridgehead atoms. The summed E-state index contributed by atoms with van der Waals surface area (Å²) >= 11 is 0. The monoisotopic (exact) mass is 244 g/mol. The third kappa shape index (κ3) is 4.41. The van der Waals surface area contributed by atoms with Crippen LogP contribution in [0.2, 0.25) is 0 Å². The molecule has 0 atom stereocenters. The summed E-state index contributed by atoms with van der Waals surface area (Å²) in [5, 5.41) is 11.7. The van der Waals surface area contributed by atoms with Crippen LogP contribution in [0.3, 0.4) is 0 Å². The molecule has 2 rings (SSSR count). The number of benzene rings is 1. The van der Waals surface area contributed by atoms with Crippen LogP contribution < -0.4 is 11.2 Å². The van der Waals surface area contributed by atoms with E-state index in [4.69, 9.17) is 11.1 Å². The van der Waals surface area contributed by atoms with Gasteiger partial charge >= 0.3 is 0 Å². The summed E-state index contributed by atoms with van der Waals surface area (Å²) in [7, 11) is 0. The van der Waals surface area contributed by atoms with E-state index in [-0.39, 0.29) is 0 Å². The number of rotatable bonds is 2. The molecule has 0 radical (unpaired) electrons. The number of nitrogen functional groups attached to an aromatic ring is 1. The molecule has 1 aliphatic carbocycles. The summed E-state index contributed by atoms with van der Waals surface area (Å²) in [5.41, 5.74) is 11.8. The third-order valence-electron chi connectivity index (χ3n) is 2.37. The SMILES string of the molecule is CC.N=C1C=C/C(=N/Nc2ccc(N)cc2)CC1. The zero-order valence-electron chi connectivity index (χ0n) is 10.9. The lowest BCUT2D eigenvalue weighted by Gasteiger charge is -2.08. The molecule has 0 unspecified atom stereocenters. The second-order valence-electron chi connectivity index (χ2n) is 3.70. The van der Waals surface area contributed by atoms with E-state index in [1.807, 2.05) is 44.2 Å². The number of hydrazone groups is 1. The first kappa shape index (κ1) is 14.0. The highest BCUT2D eigenvalue weighted by atomic mass is 15.3. The minimum absolute atomic E-state index is 0.659. The third-order valence-corrected chi connectivity index (χ3v) is 2.37. The highest BCUT2D eigenvalue weighted by molar-refractivity contribution is 6.08. The van der Waals surface area contributed by atoms with E-state index in [1.54, 1.807) is 6.08 Å². The Morgan fingerprint density at radius 2 is 1.78 bits per heavy atom. The first-order valence-electron chi connectivity index (χ1n) is 6.18. The van der Waals surface area contributed by atoms with E-state index in [1.165, 1.54) is 0 Å². The van der Waals surface area contributed by atoms with Gasteiger partial charge in [0, 0.05) is 11.4 Å². The van der Waals surface area contributed by atoms with Crippen molar-refractivity contribution in [2.24, 2.45) is 5.10 Å². The molecule has 0 saturated heterocycles. The van der Waals surface area contributed by atoms with Crippen molar-refractivity contribution in [3.8, 4) is 0 Å². The Balaban J connectivity index is 0.000000771. The Bertz CT molecular complexity index is 443. The average molecular weight is 244 g/mol. The molecule has 0 saturated carbocycles. The van der Waals surface area contributed by atoms with Crippen LogP contribution in [0.5, 0.6) is 0 Å². The fraction of sp³-hybridized carbons (Fsp3) is 0.286. The lowest BCUT2D eigenvalue weighted by atomic mass is 10.0. The zero-order valence-corrected chi connectivity index (χ0v) is 10.9. The fourth-order valence-corrected chi connectivity index (χ4v) is 1.41. The number of hydrogen-bond donors (Lipinski definition) is 3. The number of anilines is 2. The summed E-state index contributed by atoms with van der Waals surface area (Å²) in [6, 6.07) is 7.42. The summed E-state index contributed by atoms with van der Waals surface area (Å²) < 4.78 is 0. The predicted octanol–water partition coefficient (Wildman–Crippen LogP) is 3.43. The maximum Gasteiger partial charge on any atom is 0.0611 e. The second-order valence-corrected chi connectivity index (χ2v) is 3.70. The van der Waals surface area contributed by atoms with Gasteiger partial charge < -0.3 is 11.1 Å². The maximum atomic E-state index is 7.42. The first-order valence-corrected chi connectivity index (χ1v) is 6.18. The maximum absolute atomic E-state index is 7.42. The van der Waals surface area contributed by atoms with E-state index in [2.05, 4.69) is 10.5 Å². The van der Waals surface area contributed by atoms with Gasteiger partial charge in [-0.25, -0.2) is 0 Å². The lowest BCUT2D eigenvalue weighted by molar-refractivity contribution is 1.11. The van der Waals surface area contributed by atoms with Gasteiger partial charge in [0.05, 0.1) is 11.4 Å². The van der Waals surface area contributed by atoms with Crippen molar-refractivity contribution in [3.05, 3.63) is 36.4 Å². The molecule has 1 aromatic carbocycles. The van der Waals surface area contributed by atoms with Crippen LogP contribution in [0.4, 0.5) is 11.4 Å². The van der Waals surface area contributed by atoms with Crippen molar-refractivity contribution < 1.29 is 0 Å². The number of nitrogens with one attached hydrogen (secondary N) is 2. The quantitative estimate of drug-likeness (QED) is 0.550. The van der Waals surface area contributed by atoms with Crippen LogP contribution >= 0.6 is 0 Å². The normalized spacial score (nSPS) is 16.1. The van der Waals surface area contributed by atoms with E-state index in [0.29, 0.717) is 5.71 Å². The van der Waals surface area contributed by atoms with E-state index in [0.717, 1.165) is 29.9 Å². The van der Waals surface area contributed by atoms with Gasteiger partial charge in [0.1, 0.15) is 0 Å². The molecule has 4 nitrogen and oxygen atoms in total. The van der Waals surface area contributed by atoms with Crippen LogP contribution in [0.1, 0.15) is 26.7 Å². The van der Waals surface area contributed by atoms with Crippen molar-refractivity contribution in [1.82, 2.24) is 0 Å². The minimum atomic E-state index is 0.659. The van der Waals surface area contributed by atoms with Crippen LogP contribution in [0.15, 0.2) is 41.5 Å². The second kappa shape index (κ2) is 7.27. The molecule has 96 valence electrons. The Labute approximate surface area is 108 Å². The van der Waals surface area contributed by atoms with Gasteiger partial charge in [-0.3, -0.25) is 5.43 Å². The summed E-state index contributed by atoms with van der Waals surface area (Å²) in [6.45, 7) is 4.00. The minimum Gasteiger partial charge on any atom is -0.399 e. The van der Waals surface area contributed by atoms with Crippen LogP contribution in [-0.2, 0) is 0 Å². The van der Waals surface area contributed by atoms with E-state index >= 15 is 0 Å². The smallest absolute Gasteiger partial charge is 0.0611 e. The fourth-order valence-electron chi connectivity index (χ4n) is 1.41. The van der Waals surface area contributed by atoms with Crippen LogP contribution in [0.25, 0.3) is 0 Å². The highest BCUT2D eigenvalue weighted by Gasteiger charge is 2.04. The molecule has 18 heavy (non-hydrogen) atoms. The Kier molecular flexibility index (Phi) is 5.64. The standard InChI is InChI=1S/C12H14N4.C2H6/c13-9-1-5-11(6-2-9)15-16-12-7-3-10(14)4-8-12;1-2/h1-3,5-7,14-15H,4,8,13H2;1-2H3/b14-10?,16-12-;. The molecule has 0 aliphatic heterocycles. The summed E-state index contributed by atoms with van der Waals surface area (Å²) in [4.78, 5) is 0. The molecular formula is C14H20N4. The summed E-state index contributed by atoms with van der Waals surface area (Å²) in [6.07, 6.45) is 5.24. The molecule has 4 heteroatoms. The molecule has 0 fully saturated rings. The van der Waals surface area contributed by atoms with E-state index < -0.39 is 0 Å². The predicted molar refractivity (Wildman–Crippen MR) is 79.4 cm³/mol. The molecule has 0 heterocycles.